The minimum atomic E-state index is -2.01. The first kappa shape index (κ1) is 85.9. The van der Waals surface area contributed by atoms with E-state index in [0.717, 1.165) is 26.5 Å². The highest BCUT2D eigenvalue weighted by Gasteiger charge is 2.47. The first-order valence-corrected chi connectivity index (χ1v) is 38.8. The van der Waals surface area contributed by atoms with Crippen LogP contribution in [0.3, 0.4) is 0 Å². The number of hydrogen-bond donors (Lipinski definition) is 17. The number of rotatable bonds is 17. The Morgan fingerprint density at radius 1 is 0.505 bits per heavy atom. The van der Waals surface area contributed by atoms with E-state index >= 15 is 19.2 Å². The molecule has 2 aromatic rings. The molecule has 15 amide bonds. The highest BCUT2D eigenvalue weighted by atomic mass is 33.1. The van der Waals surface area contributed by atoms with Crippen LogP contribution in [0.1, 0.15) is 116 Å². The van der Waals surface area contributed by atoms with Crippen LogP contribution in [0.2, 0.25) is 0 Å². The number of phenolic OH excluding ortho intramolecular Hbond substituents is 1. The number of aliphatic carboxylic acids is 1. The average Bonchev–Trinajstić information content (AvgIpc) is 1.66. The van der Waals surface area contributed by atoms with Gasteiger partial charge in [0.2, 0.25) is 88.6 Å². The summed E-state index contributed by atoms with van der Waals surface area (Å²) in [4.78, 5) is 239. The predicted octanol–water partition coefficient (Wildman–Crippen LogP) is -4.99. The van der Waals surface area contributed by atoms with Crippen molar-refractivity contribution in [1.29, 1.82) is 0 Å². The quantitative estimate of drug-likeness (QED) is 0.0305. The standard InChI is InChI=1S/C70H100N18O19S2/c1-5-36(3)55-66(104)83-48-35-109-108-34-47(82-58(96)41(16-10-24-74-70(72)73)76-53(92)32-75-57(95)44(31-54(93)94)79-64(102)49-17-11-25-86(49)67(105)45(80-63(48)101)29-38-14-8-7-9-15-38)62(100)78-43(30-52(71)91)60(98)77-42(28-39-20-22-40(90)23-21-39)59(97)81-46(33-89)61(99)85-56(37(4)6-2)69(107)88-27-13-19-51(88)68(106)87-26-12-18-50(87)65(103)84-55/h7-9,14-15,20-23,36-37,41-51,55-56,89-90H,5-6,10-13,16-19,24-35H2,1-4H3,(H2,71,91)(H,75,95)(H,76,92)(H,77,98)(H,78,100)(H,79,102)(H,80,101)(H,81,97)(H,82,96)(H,83,104)(H,84,103)(H,85,99)(H,93,94)(H4,72,73,74)/t36-,37-,41-,42-,43-,44-,45-,46-,47-,48-,49-,50-,51-,55-,56-/m0/s1. The van der Waals surface area contributed by atoms with Crippen molar-refractivity contribution >= 4 is 122 Å². The smallest absolute Gasteiger partial charge is 0.305 e. The molecule has 596 valence electrons. The molecule has 2 aromatic carbocycles. The molecule has 5 heterocycles. The van der Waals surface area contributed by atoms with Gasteiger partial charge < -0.3 is 106 Å². The number of primary amides is 1. The van der Waals surface area contributed by atoms with Gasteiger partial charge in [-0.15, -0.1) is 0 Å². The van der Waals surface area contributed by atoms with Crippen molar-refractivity contribution in [1.82, 2.24) is 73.2 Å². The molecule has 5 aliphatic rings. The fourth-order valence-electron chi connectivity index (χ4n) is 13.3. The van der Waals surface area contributed by atoms with Gasteiger partial charge >= 0.3 is 5.97 Å². The number of carboxylic acid groups (broad SMARTS) is 1. The Hall–Kier alpha value is -10.3. The number of phenols is 1. The maximum absolute atomic E-state index is 15.4. The van der Waals surface area contributed by atoms with Crippen molar-refractivity contribution in [3.05, 3.63) is 65.7 Å². The van der Waals surface area contributed by atoms with E-state index in [9.17, 15) is 72.9 Å². The molecule has 7 rings (SSSR count). The van der Waals surface area contributed by atoms with E-state index in [1.165, 1.54) is 34.1 Å². The molecule has 0 unspecified atom stereocenters. The van der Waals surface area contributed by atoms with Crippen molar-refractivity contribution in [3.8, 4) is 5.75 Å². The summed E-state index contributed by atoms with van der Waals surface area (Å²) in [6, 6.07) is -6.98. The van der Waals surface area contributed by atoms with Crippen molar-refractivity contribution in [2.75, 3.05) is 50.8 Å². The SMILES string of the molecule is CC[C@H](C)[C@@H]1NC(=O)[C@@H]2CCCN2C(=O)[C@@H]2CCCN2C(=O)[C@H]([C@@H](C)CC)NC(=O)[C@H](CO)NC(=O)[C@H](Cc2ccc(O)cc2)NC(=O)[C@H](CC(N)=O)NC(=O)[C@@H]2CSSC[C@H](NC1=O)C(=O)N[C@@H](Cc1ccccc1)C(=O)N1CCC[C@H]1C(=O)N[C@@H](CC(=O)O)C(=O)NCC(=O)N[C@@H](CCCN=C(N)N)C(=O)N2. The molecule has 37 nitrogen and oxygen atoms in total. The molecule has 20 N–H and O–H groups in total. The lowest BCUT2D eigenvalue weighted by Crippen LogP contribution is -2.62. The van der Waals surface area contributed by atoms with E-state index in [4.69, 9.17) is 17.2 Å². The van der Waals surface area contributed by atoms with E-state index in [2.05, 4.69) is 63.5 Å². The minimum Gasteiger partial charge on any atom is -0.508 e. The van der Waals surface area contributed by atoms with Crippen molar-refractivity contribution < 1.29 is 92.0 Å². The Morgan fingerprint density at radius 2 is 0.972 bits per heavy atom. The minimum absolute atomic E-state index is 0.00617. The van der Waals surface area contributed by atoms with Gasteiger partial charge in [0.25, 0.3) is 0 Å². The van der Waals surface area contributed by atoms with Gasteiger partial charge in [-0.3, -0.25) is 81.7 Å². The Labute approximate surface area is 636 Å². The number of aliphatic imine (C=N–C) groups is 1. The molecule has 5 saturated heterocycles. The van der Waals surface area contributed by atoms with Gasteiger partial charge in [0.1, 0.15) is 84.3 Å². The molecule has 39 heteroatoms. The number of benzene rings is 2. The first-order chi connectivity index (χ1) is 51.9. The number of nitrogens with two attached hydrogens (primary N) is 3. The highest BCUT2D eigenvalue weighted by Crippen LogP contribution is 2.29. The summed E-state index contributed by atoms with van der Waals surface area (Å²) in [7, 11) is 1.62. The summed E-state index contributed by atoms with van der Waals surface area (Å²) in [6.07, 6.45) is -1.30. The largest absolute Gasteiger partial charge is 0.508 e. The van der Waals surface area contributed by atoms with Crippen LogP contribution in [0.15, 0.2) is 59.6 Å². The fraction of sp³-hybridized carbons (Fsp3) is 0.586. The number of aliphatic hydroxyl groups is 1. The average molecular weight is 1560 g/mol. The van der Waals surface area contributed by atoms with Crippen molar-refractivity contribution in [2.45, 2.75) is 196 Å². The van der Waals surface area contributed by atoms with Crippen LogP contribution in [0.25, 0.3) is 0 Å². The summed E-state index contributed by atoms with van der Waals surface area (Å²) >= 11 is 0. The number of guanidine groups is 1. The van der Waals surface area contributed by atoms with E-state index in [0.29, 0.717) is 18.4 Å². The molecule has 109 heavy (non-hydrogen) atoms. The zero-order valence-corrected chi connectivity index (χ0v) is 62.8. The number of amides is 15. The number of carbonyl (C=O) groups is 16. The normalized spacial score (nSPS) is 27.5. The van der Waals surface area contributed by atoms with E-state index < -0.39 is 229 Å². The second-order valence-corrected chi connectivity index (χ2v) is 30.2. The van der Waals surface area contributed by atoms with Crippen LogP contribution < -0.4 is 75.7 Å². The number of nitrogens with one attached hydrogen (secondary N) is 11. The Bertz CT molecular complexity index is 3690. The van der Waals surface area contributed by atoms with Crippen LogP contribution in [-0.2, 0) is 89.6 Å². The van der Waals surface area contributed by atoms with Gasteiger partial charge in [0, 0.05) is 50.5 Å². The molecule has 15 atom stereocenters. The van der Waals surface area contributed by atoms with Crippen LogP contribution in [-0.4, -0.2) is 260 Å². The Kier molecular flexibility index (Phi) is 32.6. The summed E-state index contributed by atoms with van der Waals surface area (Å²) in [5.41, 5.74) is 17.6. The maximum atomic E-state index is 15.4. The number of hydrogen-bond acceptors (Lipinski definition) is 21. The van der Waals surface area contributed by atoms with Crippen LogP contribution in [0.4, 0.5) is 0 Å². The Morgan fingerprint density at radius 3 is 1.55 bits per heavy atom. The Balaban J connectivity index is 1.37. The maximum Gasteiger partial charge on any atom is 0.305 e. The number of nitrogens with zero attached hydrogens (tertiary/aromatic N) is 4. The van der Waals surface area contributed by atoms with Gasteiger partial charge in [-0.1, -0.05) is 105 Å². The molecule has 0 saturated carbocycles. The monoisotopic (exact) mass is 1560 g/mol. The lowest BCUT2D eigenvalue weighted by atomic mass is 9.96. The third-order valence-electron chi connectivity index (χ3n) is 19.7. The van der Waals surface area contributed by atoms with Crippen molar-refractivity contribution in [2.24, 2.45) is 34.0 Å². The van der Waals surface area contributed by atoms with Gasteiger partial charge in [0.05, 0.1) is 26.0 Å². The lowest BCUT2D eigenvalue weighted by Gasteiger charge is -2.35. The molecular weight excluding hydrogens is 1460 g/mol. The van der Waals surface area contributed by atoms with Crippen LogP contribution in [0.5, 0.6) is 5.75 Å². The van der Waals surface area contributed by atoms with E-state index in [1.807, 2.05) is 0 Å². The fourth-order valence-corrected chi connectivity index (χ4v) is 15.6. The predicted molar refractivity (Wildman–Crippen MR) is 395 cm³/mol. The van der Waals surface area contributed by atoms with Crippen LogP contribution >= 0.6 is 21.6 Å². The molecular formula is C70H100N18O19S2. The van der Waals surface area contributed by atoms with Gasteiger partial charge in [-0.2, -0.15) is 0 Å². The summed E-state index contributed by atoms with van der Waals surface area (Å²) in [5, 5.41) is 58.9. The van der Waals surface area contributed by atoms with Gasteiger partial charge in [0.15, 0.2) is 5.96 Å². The first-order valence-electron chi connectivity index (χ1n) is 36.4. The van der Waals surface area contributed by atoms with E-state index in [1.54, 1.807) is 58.0 Å². The highest BCUT2D eigenvalue weighted by molar-refractivity contribution is 8.76. The molecule has 5 fully saturated rings. The zero-order chi connectivity index (χ0) is 79.8. The summed E-state index contributed by atoms with van der Waals surface area (Å²) < 4.78 is 0. The number of aliphatic hydroxyl groups excluding tert-OH is 1. The van der Waals surface area contributed by atoms with Crippen molar-refractivity contribution in [3.63, 3.8) is 0 Å². The number of carboxylic acids is 1. The molecule has 5 aliphatic heterocycles. The molecule has 0 aromatic heterocycles. The molecule has 0 radical (unpaired) electrons. The second-order valence-electron chi connectivity index (χ2n) is 27.6. The lowest BCUT2D eigenvalue weighted by molar-refractivity contribution is -0.149. The van der Waals surface area contributed by atoms with Gasteiger partial charge in [-0.05, 0) is 86.5 Å². The number of fused-ring (bicyclic) bond motifs is 8. The molecule has 0 aliphatic carbocycles. The third kappa shape index (κ3) is 24.6. The topological polar surface area (TPSA) is 566 Å². The zero-order valence-electron chi connectivity index (χ0n) is 61.1. The van der Waals surface area contributed by atoms with E-state index in [-0.39, 0.29) is 101 Å². The molecule has 0 spiro atoms. The second kappa shape index (κ2) is 41.3. The molecule has 2 bridgehead atoms. The third-order valence-corrected chi connectivity index (χ3v) is 22.1. The number of aromatic hydroxyl groups is 1. The van der Waals surface area contributed by atoms with Gasteiger partial charge in [-0.25, -0.2) is 0 Å². The summed E-state index contributed by atoms with van der Waals surface area (Å²) in [6.45, 7) is 4.69. The summed E-state index contributed by atoms with van der Waals surface area (Å²) in [5.74, 6) is -19.4. The van der Waals surface area contributed by atoms with Crippen LogP contribution in [0, 0.1) is 11.8 Å². The number of carbonyl (C=O) groups excluding carboxylic acids is 15.